The van der Waals surface area contributed by atoms with E-state index in [4.69, 9.17) is 0 Å². The number of nitrogens with one attached hydrogen (secondary N) is 1. The number of hydrogen-bond donors (Lipinski definition) is 1. The molecule has 0 aromatic heterocycles. The van der Waals surface area contributed by atoms with Gasteiger partial charge in [0.15, 0.2) is 0 Å². The van der Waals surface area contributed by atoms with Gasteiger partial charge in [-0.25, -0.2) is 0 Å². The van der Waals surface area contributed by atoms with Crippen LogP contribution >= 0.6 is 11.8 Å². The van der Waals surface area contributed by atoms with Crippen LogP contribution in [0.15, 0.2) is 0 Å². The number of rotatable bonds is 4. The summed E-state index contributed by atoms with van der Waals surface area (Å²) < 4.78 is 0. The first-order valence-electron chi connectivity index (χ1n) is 5.02. The van der Waals surface area contributed by atoms with Gasteiger partial charge in [-0.15, -0.1) is 0 Å². The van der Waals surface area contributed by atoms with Gasteiger partial charge in [-0.2, -0.15) is 11.8 Å². The van der Waals surface area contributed by atoms with Gasteiger partial charge >= 0.3 is 0 Å². The fourth-order valence-electron chi connectivity index (χ4n) is 1.70. The molecule has 1 aliphatic heterocycles. The number of likely N-dealkylation sites (N-methyl/N-ethyl adjacent to an activating group) is 2. The Morgan fingerprint density at radius 3 is 2.69 bits per heavy atom. The van der Waals surface area contributed by atoms with E-state index in [1.54, 1.807) is 0 Å². The third kappa shape index (κ3) is 3.49. The van der Waals surface area contributed by atoms with E-state index in [1.807, 2.05) is 7.05 Å². The molecule has 13 heavy (non-hydrogen) atoms. The van der Waals surface area contributed by atoms with E-state index in [9.17, 15) is 0 Å². The van der Waals surface area contributed by atoms with E-state index >= 15 is 0 Å². The molecule has 0 aromatic rings. The first kappa shape index (κ1) is 11.3. The molecule has 0 aliphatic carbocycles. The first-order valence-corrected chi connectivity index (χ1v) is 6.17. The molecule has 1 aliphatic rings. The topological polar surface area (TPSA) is 15.3 Å². The first-order chi connectivity index (χ1) is 6.05. The maximum atomic E-state index is 3.35. The van der Waals surface area contributed by atoms with Gasteiger partial charge in [0.2, 0.25) is 0 Å². The van der Waals surface area contributed by atoms with Crippen molar-refractivity contribution in [3.05, 3.63) is 0 Å². The zero-order valence-electron chi connectivity index (χ0n) is 9.26. The Hall–Kier alpha value is 0.270. The van der Waals surface area contributed by atoms with E-state index in [0.717, 1.165) is 12.6 Å². The van der Waals surface area contributed by atoms with E-state index in [2.05, 4.69) is 42.9 Å². The molecule has 0 aromatic carbocycles. The van der Waals surface area contributed by atoms with Crippen molar-refractivity contribution in [1.82, 2.24) is 10.2 Å². The lowest BCUT2D eigenvalue weighted by Crippen LogP contribution is -2.49. The predicted octanol–water partition coefficient (Wildman–Crippen LogP) is 1.42. The minimum atomic E-state index is 0.238. The predicted molar refractivity (Wildman–Crippen MR) is 61.5 cm³/mol. The molecule has 2 nitrogen and oxygen atoms in total. The summed E-state index contributed by atoms with van der Waals surface area (Å²) in [6.07, 6.45) is 1.36. The van der Waals surface area contributed by atoms with Crippen LogP contribution in [0.3, 0.4) is 0 Å². The standard InChI is InChI=1S/C10H22N2S/c1-10(2,11-3)8-12(4)9-5-6-13-7-9/h9,11H,5-8H2,1-4H3. The summed E-state index contributed by atoms with van der Waals surface area (Å²) in [6.45, 7) is 5.64. The summed E-state index contributed by atoms with van der Waals surface area (Å²) in [5, 5.41) is 3.35. The lowest BCUT2D eigenvalue weighted by Gasteiger charge is -2.33. The average Bonchev–Trinajstić information content (AvgIpc) is 2.55. The van der Waals surface area contributed by atoms with Gasteiger partial charge in [-0.1, -0.05) is 0 Å². The van der Waals surface area contributed by atoms with Gasteiger partial charge in [0.05, 0.1) is 0 Å². The Morgan fingerprint density at radius 2 is 2.23 bits per heavy atom. The van der Waals surface area contributed by atoms with Crippen molar-refractivity contribution in [2.24, 2.45) is 0 Å². The second kappa shape index (κ2) is 4.67. The molecule has 1 saturated heterocycles. The fourth-order valence-corrected chi connectivity index (χ4v) is 3.00. The average molecular weight is 202 g/mol. The molecule has 1 unspecified atom stereocenters. The monoisotopic (exact) mass is 202 g/mol. The molecular weight excluding hydrogens is 180 g/mol. The molecule has 3 heteroatoms. The van der Waals surface area contributed by atoms with Gasteiger partial charge in [-0.05, 0) is 40.1 Å². The summed E-state index contributed by atoms with van der Waals surface area (Å²) in [4.78, 5) is 2.50. The lowest BCUT2D eigenvalue weighted by atomic mass is 10.0. The van der Waals surface area contributed by atoms with Crippen molar-refractivity contribution in [3.8, 4) is 0 Å². The third-order valence-corrected chi connectivity index (χ3v) is 4.00. The van der Waals surface area contributed by atoms with Crippen LogP contribution in [-0.2, 0) is 0 Å². The SMILES string of the molecule is CNC(C)(C)CN(C)C1CCSC1. The summed E-state index contributed by atoms with van der Waals surface area (Å²) in [5.74, 6) is 2.66. The highest BCUT2D eigenvalue weighted by atomic mass is 32.2. The van der Waals surface area contributed by atoms with Gasteiger partial charge in [0.25, 0.3) is 0 Å². The molecule has 0 amide bonds. The largest absolute Gasteiger partial charge is 0.314 e. The molecule has 1 heterocycles. The normalized spacial score (nSPS) is 24.2. The Balaban J connectivity index is 2.35. The second-order valence-electron chi connectivity index (χ2n) is 4.57. The summed E-state index contributed by atoms with van der Waals surface area (Å²) in [6, 6.07) is 0.803. The molecule has 0 spiro atoms. The summed E-state index contributed by atoms with van der Waals surface area (Å²) >= 11 is 2.08. The van der Waals surface area contributed by atoms with Crippen LogP contribution in [0.5, 0.6) is 0 Å². The van der Waals surface area contributed by atoms with Crippen molar-refractivity contribution in [1.29, 1.82) is 0 Å². The van der Waals surface area contributed by atoms with E-state index in [1.165, 1.54) is 17.9 Å². The highest BCUT2D eigenvalue weighted by molar-refractivity contribution is 7.99. The highest BCUT2D eigenvalue weighted by Gasteiger charge is 2.24. The molecule has 78 valence electrons. The minimum absolute atomic E-state index is 0.238. The van der Waals surface area contributed by atoms with Gasteiger partial charge in [0, 0.05) is 23.9 Å². The fraction of sp³-hybridized carbons (Fsp3) is 1.00. The molecule has 0 bridgehead atoms. The maximum Gasteiger partial charge on any atom is 0.0249 e. The molecule has 1 fully saturated rings. The van der Waals surface area contributed by atoms with Gasteiger partial charge in [0.1, 0.15) is 0 Å². The number of hydrogen-bond acceptors (Lipinski definition) is 3. The van der Waals surface area contributed by atoms with Crippen molar-refractivity contribution < 1.29 is 0 Å². The molecule has 1 N–H and O–H groups in total. The Kier molecular flexibility index (Phi) is 4.07. The zero-order valence-corrected chi connectivity index (χ0v) is 10.1. The molecular formula is C10H22N2S. The van der Waals surface area contributed by atoms with Crippen LogP contribution in [0.2, 0.25) is 0 Å². The second-order valence-corrected chi connectivity index (χ2v) is 5.72. The van der Waals surface area contributed by atoms with E-state index < -0.39 is 0 Å². The quantitative estimate of drug-likeness (QED) is 0.742. The Bertz CT molecular complexity index is 153. The highest BCUT2D eigenvalue weighted by Crippen LogP contribution is 2.22. The van der Waals surface area contributed by atoms with E-state index in [-0.39, 0.29) is 5.54 Å². The Labute approximate surface area is 86.5 Å². The van der Waals surface area contributed by atoms with Crippen LogP contribution in [0, 0.1) is 0 Å². The van der Waals surface area contributed by atoms with Crippen LogP contribution in [0.4, 0.5) is 0 Å². The number of thioether (sulfide) groups is 1. The van der Waals surface area contributed by atoms with Crippen LogP contribution in [0.25, 0.3) is 0 Å². The van der Waals surface area contributed by atoms with Crippen molar-refractivity contribution in [2.45, 2.75) is 31.8 Å². The third-order valence-electron chi connectivity index (χ3n) is 2.85. The van der Waals surface area contributed by atoms with Crippen molar-refractivity contribution >= 4 is 11.8 Å². The zero-order chi connectivity index (χ0) is 9.90. The lowest BCUT2D eigenvalue weighted by molar-refractivity contribution is 0.199. The smallest absolute Gasteiger partial charge is 0.0249 e. The summed E-state index contributed by atoms with van der Waals surface area (Å²) in [7, 11) is 4.28. The number of nitrogens with zero attached hydrogens (tertiary/aromatic N) is 1. The minimum Gasteiger partial charge on any atom is -0.314 e. The van der Waals surface area contributed by atoms with Crippen molar-refractivity contribution in [3.63, 3.8) is 0 Å². The molecule has 0 saturated carbocycles. The van der Waals surface area contributed by atoms with Gasteiger partial charge < -0.3 is 10.2 Å². The van der Waals surface area contributed by atoms with Crippen LogP contribution in [0.1, 0.15) is 20.3 Å². The van der Waals surface area contributed by atoms with Crippen molar-refractivity contribution in [2.75, 3.05) is 32.1 Å². The van der Waals surface area contributed by atoms with Crippen LogP contribution in [-0.4, -0.2) is 48.6 Å². The molecule has 0 radical (unpaired) electrons. The van der Waals surface area contributed by atoms with E-state index in [0.29, 0.717) is 0 Å². The summed E-state index contributed by atoms with van der Waals surface area (Å²) in [5.41, 5.74) is 0.238. The maximum absolute atomic E-state index is 3.35. The van der Waals surface area contributed by atoms with Gasteiger partial charge in [-0.3, -0.25) is 0 Å². The molecule has 1 atom stereocenters. The van der Waals surface area contributed by atoms with Crippen LogP contribution < -0.4 is 5.32 Å². The Morgan fingerprint density at radius 1 is 1.54 bits per heavy atom. The molecule has 1 rings (SSSR count).